The number of hydrogen-bond acceptors (Lipinski definition) is 6. The first-order valence-corrected chi connectivity index (χ1v) is 9.81. The van der Waals surface area contributed by atoms with E-state index in [1.165, 1.54) is 0 Å². The highest BCUT2D eigenvalue weighted by molar-refractivity contribution is 5.87. The fourth-order valence-electron chi connectivity index (χ4n) is 3.66. The van der Waals surface area contributed by atoms with Gasteiger partial charge in [-0.1, -0.05) is 6.92 Å². The Morgan fingerprint density at radius 3 is 2.46 bits per heavy atom. The molecule has 28 heavy (non-hydrogen) atoms. The molecule has 0 saturated carbocycles. The van der Waals surface area contributed by atoms with E-state index in [-0.39, 0.29) is 5.78 Å². The van der Waals surface area contributed by atoms with E-state index in [1.54, 1.807) is 17.1 Å². The van der Waals surface area contributed by atoms with Crippen molar-refractivity contribution in [1.82, 2.24) is 29.5 Å². The van der Waals surface area contributed by atoms with E-state index in [9.17, 15) is 4.79 Å². The van der Waals surface area contributed by atoms with Crippen LogP contribution < -0.4 is 0 Å². The van der Waals surface area contributed by atoms with E-state index >= 15 is 0 Å². The maximum atomic E-state index is 12.5. The zero-order valence-electron chi connectivity index (χ0n) is 16.5. The fraction of sp³-hybridized carbons (Fsp3) is 0.429. The first kappa shape index (κ1) is 18.7. The quantitative estimate of drug-likeness (QED) is 0.651. The van der Waals surface area contributed by atoms with Gasteiger partial charge in [0.05, 0.1) is 24.9 Å². The zero-order chi connectivity index (χ0) is 19.5. The number of hydrogen-bond donors (Lipinski definition) is 0. The van der Waals surface area contributed by atoms with Crippen molar-refractivity contribution in [3.8, 4) is 11.3 Å². The summed E-state index contributed by atoms with van der Waals surface area (Å²) < 4.78 is 1.76. The minimum absolute atomic E-state index is 0.221. The van der Waals surface area contributed by atoms with Crippen LogP contribution in [0.15, 0.2) is 36.9 Å². The number of fused-ring (bicyclic) bond motifs is 1. The van der Waals surface area contributed by atoms with Crippen molar-refractivity contribution in [2.24, 2.45) is 7.05 Å². The van der Waals surface area contributed by atoms with Gasteiger partial charge < -0.3 is 4.90 Å². The van der Waals surface area contributed by atoms with Crippen molar-refractivity contribution in [1.29, 1.82) is 0 Å². The highest BCUT2D eigenvalue weighted by Gasteiger charge is 2.18. The van der Waals surface area contributed by atoms with Crippen molar-refractivity contribution in [3.05, 3.63) is 42.6 Å². The lowest BCUT2D eigenvalue weighted by Gasteiger charge is -2.33. The average Bonchev–Trinajstić information content (AvgIpc) is 3.14. The Bertz CT molecular complexity index is 974. The number of aryl methyl sites for hydroxylation is 1. The minimum atomic E-state index is 0.221. The monoisotopic (exact) mass is 378 g/mol. The Morgan fingerprint density at radius 1 is 1.00 bits per heavy atom. The lowest BCUT2D eigenvalue weighted by molar-refractivity contribution is -0.120. The van der Waals surface area contributed by atoms with Gasteiger partial charge in [0.2, 0.25) is 0 Å². The second kappa shape index (κ2) is 8.16. The Morgan fingerprint density at radius 2 is 1.75 bits per heavy atom. The summed E-state index contributed by atoms with van der Waals surface area (Å²) in [6.45, 7) is 7.79. The topological polar surface area (TPSA) is 67.2 Å². The maximum Gasteiger partial charge on any atom is 0.152 e. The summed E-state index contributed by atoms with van der Waals surface area (Å²) in [6.07, 6.45) is 7.74. The number of carbonyl (C=O) groups excluding carboxylic acids is 1. The van der Waals surface area contributed by atoms with Gasteiger partial charge >= 0.3 is 0 Å². The molecule has 0 unspecified atom stereocenters. The highest BCUT2D eigenvalue weighted by Crippen LogP contribution is 2.21. The second-order valence-corrected chi connectivity index (χ2v) is 7.42. The largest absolute Gasteiger partial charge is 0.301 e. The standard InChI is InChI=1S/C21H26N6O/c1-3-26-4-6-27(7-5-26)15-20(28)10-19-8-16-9-21(18-13-24-25(2)14-18)23-12-17(16)11-22-19/h8-9,11-14H,3-7,10,15H2,1-2H3. The third-order valence-corrected chi connectivity index (χ3v) is 5.35. The first-order chi connectivity index (χ1) is 13.6. The van der Waals surface area contributed by atoms with Crippen molar-refractivity contribution in [3.63, 3.8) is 0 Å². The van der Waals surface area contributed by atoms with Gasteiger partial charge in [0.1, 0.15) is 0 Å². The molecule has 1 aliphatic rings. The molecule has 0 aromatic carbocycles. The van der Waals surface area contributed by atoms with Crippen molar-refractivity contribution in [2.45, 2.75) is 13.3 Å². The molecule has 7 heteroatoms. The van der Waals surface area contributed by atoms with E-state index in [1.807, 2.05) is 31.6 Å². The molecule has 4 rings (SSSR count). The van der Waals surface area contributed by atoms with E-state index in [0.717, 1.165) is 60.4 Å². The molecule has 0 radical (unpaired) electrons. The molecule has 0 amide bonds. The molecular formula is C21H26N6O. The van der Waals surface area contributed by atoms with Gasteiger partial charge in [-0.15, -0.1) is 0 Å². The second-order valence-electron chi connectivity index (χ2n) is 7.42. The molecule has 1 fully saturated rings. The third kappa shape index (κ3) is 4.26. The highest BCUT2D eigenvalue weighted by atomic mass is 16.1. The van der Waals surface area contributed by atoms with E-state index < -0.39 is 0 Å². The number of piperazine rings is 1. The molecule has 0 bridgehead atoms. The predicted molar refractivity (Wildman–Crippen MR) is 109 cm³/mol. The van der Waals surface area contributed by atoms with Crippen molar-refractivity contribution in [2.75, 3.05) is 39.3 Å². The summed E-state index contributed by atoms with van der Waals surface area (Å²) in [5.74, 6) is 0.221. The predicted octanol–water partition coefficient (Wildman–Crippen LogP) is 1.78. The van der Waals surface area contributed by atoms with Gasteiger partial charge in [-0.25, -0.2) is 0 Å². The van der Waals surface area contributed by atoms with E-state index in [4.69, 9.17) is 0 Å². The molecule has 0 aliphatic carbocycles. The summed E-state index contributed by atoms with van der Waals surface area (Å²) in [7, 11) is 1.89. The third-order valence-electron chi connectivity index (χ3n) is 5.35. The van der Waals surface area contributed by atoms with Crippen LogP contribution in [-0.4, -0.2) is 74.6 Å². The van der Waals surface area contributed by atoms with Crippen LogP contribution >= 0.6 is 0 Å². The Labute approximate surface area is 165 Å². The summed E-state index contributed by atoms with van der Waals surface area (Å²) >= 11 is 0. The number of ketones is 1. The Kier molecular flexibility index (Phi) is 5.45. The smallest absolute Gasteiger partial charge is 0.152 e. The lowest BCUT2D eigenvalue weighted by Crippen LogP contribution is -2.47. The SMILES string of the molecule is CCN1CCN(CC(=O)Cc2cc3cc(-c4cnn(C)c4)ncc3cn2)CC1. The zero-order valence-corrected chi connectivity index (χ0v) is 16.5. The van der Waals surface area contributed by atoms with Crippen molar-refractivity contribution >= 4 is 16.6 Å². The molecule has 0 atom stereocenters. The van der Waals surface area contributed by atoms with Gasteiger partial charge in [-0.2, -0.15) is 5.10 Å². The number of pyridine rings is 2. The van der Waals surface area contributed by atoms with Gasteiger partial charge in [-0.3, -0.25) is 24.3 Å². The number of nitrogens with zero attached hydrogens (tertiary/aromatic N) is 6. The average molecular weight is 378 g/mol. The van der Waals surface area contributed by atoms with Crippen LogP contribution in [-0.2, 0) is 18.3 Å². The van der Waals surface area contributed by atoms with Gasteiger partial charge in [0.25, 0.3) is 0 Å². The number of rotatable bonds is 6. The summed E-state index contributed by atoms with van der Waals surface area (Å²) in [4.78, 5) is 26.2. The number of carbonyl (C=O) groups is 1. The number of likely N-dealkylation sites (N-methyl/N-ethyl adjacent to an activating group) is 1. The maximum absolute atomic E-state index is 12.5. The molecule has 0 N–H and O–H groups in total. The molecule has 1 aliphatic heterocycles. The van der Waals surface area contributed by atoms with Gasteiger partial charge in [-0.05, 0) is 24.1 Å². The molecular weight excluding hydrogens is 352 g/mol. The number of aromatic nitrogens is 4. The van der Waals surface area contributed by atoms with Crippen LogP contribution in [0.3, 0.4) is 0 Å². The first-order valence-electron chi connectivity index (χ1n) is 9.81. The summed E-state index contributed by atoms with van der Waals surface area (Å²) in [5, 5.41) is 6.22. The fourth-order valence-corrected chi connectivity index (χ4v) is 3.66. The normalized spacial score (nSPS) is 15.9. The summed E-state index contributed by atoms with van der Waals surface area (Å²) in [5.41, 5.74) is 2.66. The van der Waals surface area contributed by atoms with Crippen LogP contribution in [0, 0.1) is 0 Å². The van der Waals surface area contributed by atoms with Crippen molar-refractivity contribution < 1.29 is 4.79 Å². The lowest BCUT2D eigenvalue weighted by atomic mass is 10.1. The molecule has 0 spiro atoms. The molecule has 146 valence electrons. The molecule has 1 saturated heterocycles. The molecule has 3 aromatic rings. The van der Waals surface area contributed by atoms with Crippen LogP contribution in [0.1, 0.15) is 12.6 Å². The van der Waals surface area contributed by atoms with Crippen LogP contribution in [0.2, 0.25) is 0 Å². The molecule has 7 nitrogen and oxygen atoms in total. The van der Waals surface area contributed by atoms with E-state index in [2.05, 4.69) is 31.8 Å². The minimum Gasteiger partial charge on any atom is -0.301 e. The van der Waals surface area contributed by atoms with Crippen LogP contribution in [0.4, 0.5) is 0 Å². The van der Waals surface area contributed by atoms with Gasteiger partial charge in [0.15, 0.2) is 5.78 Å². The number of Topliss-reactive ketones (excluding diaryl/α,β-unsaturated/α-hetero) is 1. The van der Waals surface area contributed by atoms with Gasteiger partial charge in [0, 0.05) is 68.5 Å². The van der Waals surface area contributed by atoms with Crippen LogP contribution in [0.25, 0.3) is 22.0 Å². The Hall–Kier alpha value is -2.64. The Balaban J connectivity index is 1.44. The van der Waals surface area contributed by atoms with E-state index in [0.29, 0.717) is 13.0 Å². The van der Waals surface area contributed by atoms with Crippen LogP contribution in [0.5, 0.6) is 0 Å². The molecule has 4 heterocycles. The summed E-state index contributed by atoms with van der Waals surface area (Å²) in [6, 6.07) is 4.04. The molecule has 3 aromatic heterocycles.